The number of nitrogens with one attached hydrogen (secondary N) is 1. The first-order valence-corrected chi connectivity index (χ1v) is 14.2. The van der Waals surface area contributed by atoms with Crippen molar-refractivity contribution in [3.63, 3.8) is 0 Å². The highest BCUT2D eigenvalue weighted by Crippen LogP contribution is 2.29. The van der Waals surface area contributed by atoms with E-state index < -0.39 is 18.0 Å². The first-order valence-electron chi connectivity index (χ1n) is 13.4. The number of benzene rings is 3. The lowest BCUT2D eigenvalue weighted by molar-refractivity contribution is -0.125. The molecule has 0 fully saturated rings. The fourth-order valence-corrected chi connectivity index (χ4v) is 4.96. The monoisotopic (exact) mass is 558 g/mol. The number of unbranched alkanes of at least 4 members (excludes halogenated alkanes) is 3. The fraction of sp³-hybridized carbons (Fsp3) is 0.281. The van der Waals surface area contributed by atoms with Crippen LogP contribution in [0.2, 0.25) is 0 Å². The smallest absolute Gasteiger partial charge is 0.339 e. The van der Waals surface area contributed by atoms with Crippen molar-refractivity contribution in [3.05, 3.63) is 94.9 Å². The SMILES string of the molecule is CCCCCCc1ccc(-c2csc(NC(=O)[C@H](OC(=O)c3cc(OC)cc(OC)c3)c3ccccc3)n2)cc1. The average molecular weight is 559 g/mol. The molecule has 7 nitrogen and oxygen atoms in total. The number of anilines is 1. The van der Waals surface area contributed by atoms with Gasteiger partial charge < -0.3 is 14.2 Å². The normalized spacial score (nSPS) is 11.5. The van der Waals surface area contributed by atoms with Gasteiger partial charge in [-0.05, 0) is 30.5 Å². The zero-order valence-corrected chi connectivity index (χ0v) is 23.8. The lowest BCUT2D eigenvalue weighted by Crippen LogP contribution is -2.26. The molecule has 8 heteroatoms. The fourth-order valence-electron chi connectivity index (χ4n) is 4.23. The van der Waals surface area contributed by atoms with Gasteiger partial charge in [-0.2, -0.15) is 0 Å². The second-order valence-electron chi connectivity index (χ2n) is 9.33. The molecule has 1 amide bonds. The molecule has 0 spiro atoms. The molecule has 40 heavy (non-hydrogen) atoms. The molecule has 4 aromatic rings. The number of hydrogen-bond donors (Lipinski definition) is 1. The van der Waals surface area contributed by atoms with Crippen LogP contribution in [0.25, 0.3) is 11.3 Å². The Hall–Kier alpha value is -4.17. The minimum Gasteiger partial charge on any atom is -0.497 e. The molecule has 4 rings (SSSR count). The Balaban J connectivity index is 1.47. The van der Waals surface area contributed by atoms with Crippen LogP contribution in [-0.4, -0.2) is 31.1 Å². The van der Waals surface area contributed by atoms with E-state index in [2.05, 4.69) is 41.5 Å². The van der Waals surface area contributed by atoms with Crippen molar-refractivity contribution >= 4 is 28.3 Å². The minimum atomic E-state index is -1.19. The van der Waals surface area contributed by atoms with Crippen LogP contribution in [-0.2, 0) is 16.0 Å². The maximum atomic E-state index is 13.4. The number of hydrogen-bond acceptors (Lipinski definition) is 7. The van der Waals surface area contributed by atoms with Crippen LogP contribution in [0.15, 0.2) is 78.2 Å². The van der Waals surface area contributed by atoms with Gasteiger partial charge in [0.1, 0.15) is 11.5 Å². The number of aromatic nitrogens is 1. The van der Waals surface area contributed by atoms with Crippen molar-refractivity contribution in [1.82, 2.24) is 4.98 Å². The number of carbonyl (C=O) groups is 2. The molecule has 0 bridgehead atoms. The van der Waals surface area contributed by atoms with Crippen LogP contribution in [0.1, 0.15) is 60.2 Å². The first-order chi connectivity index (χ1) is 19.5. The molecular weight excluding hydrogens is 524 g/mol. The van der Waals surface area contributed by atoms with Gasteiger partial charge in [-0.3, -0.25) is 10.1 Å². The lowest BCUT2D eigenvalue weighted by Gasteiger charge is -2.18. The van der Waals surface area contributed by atoms with E-state index in [0.29, 0.717) is 22.2 Å². The second kappa shape index (κ2) is 14.3. The van der Waals surface area contributed by atoms with Gasteiger partial charge in [0.25, 0.3) is 5.91 Å². The van der Waals surface area contributed by atoms with Crippen LogP contribution < -0.4 is 14.8 Å². The van der Waals surface area contributed by atoms with Crippen molar-refractivity contribution in [2.75, 3.05) is 19.5 Å². The number of esters is 1. The number of nitrogens with zero attached hydrogens (tertiary/aromatic N) is 1. The van der Waals surface area contributed by atoms with Crippen molar-refractivity contribution in [1.29, 1.82) is 0 Å². The summed E-state index contributed by atoms with van der Waals surface area (Å²) in [5.41, 5.74) is 3.80. The predicted molar refractivity (Wildman–Crippen MR) is 158 cm³/mol. The number of amides is 1. The molecule has 0 radical (unpaired) electrons. The number of aryl methyl sites for hydroxylation is 1. The Bertz CT molecular complexity index is 1380. The first kappa shape index (κ1) is 28.8. The summed E-state index contributed by atoms with van der Waals surface area (Å²) >= 11 is 1.32. The highest BCUT2D eigenvalue weighted by molar-refractivity contribution is 7.14. The molecule has 208 valence electrons. The van der Waals surface area contributed by atoms with Crippen LogP contribution in [0.3, 0.4) is 0 Å². The van der Waals surface area contributed by atoms with E-state index in [1.807, 2.05) is 11.4 Å². The van der Waals surface area contributed by atoms with E-state index in [0.717, 1.165) is 17.7 Å². The maximum absolute atomic E-state index is 13.4. The summed E-state index contributed by atoms with van der Waals surface area (Å²) in [6.45, 7) is 2.22. The van der Waals surface area contributed by atoms with E-state index in [1.54, 1.807) is 30.3 Å². The largest absolute Gasteiger partial charge is 0.497 e. The number of rotatable bonds is 13. The van der Waals surface area contributed by atoms with Gasteiger partial charge in [-0.15, -0.1) is 11.3 Å². The van der Waals surface area contributed by atoms with Crippen molar-refractivity contribution < 1.29 is 23.8 Å². The van der Waals surface area contributed by atoms with Crippen molar-refractivity contribution in [2.24, 2.45) is 0 Å². The molecule has 1 heterocycles. The van der Waals surface area contributed by atoms with E-state index >= 15 is 0 Å². The van der Waals surface area contributed by atoms with Gasteiger partial charge in [0.05, 0.1) is 25.5 Å². The summed E-state index contributed by atoms with van der Waals surface area (Å²) in [5, 5.41) is 5.15. The highest BCUT2D eigenvalue weighted by atomic mass is 32.1. The van der Waals surface area contributed by atoms with E-state index in [-0.39, 0.29) is 5.56 Å². The van der Waals surface area contributed by atoms with Crippen LogP contribution in [0.5, 0.6) is 11.5 Å². The molecule has 0 unspecified atom stereocenters. The third-order valence-corrected chi connectivity index (χ3v) is 7.21. The molecule has 0 aliphatic heterocycles. The zero-order valence-electron chi connectivity index (χ0n) is 23.0. The third-order valence-electron chi connectivity index (χ3n) is 6.46. The van der Waals surface area contributed by atoms with Crippen LogP contribution >= 0.6 is 11.3 Å². The van der Waals surface area contributed by atoms with E-state index in [4.69, 9.17) is 14.2 Å². The third kappa shape index (κ3) is 7.70. The topological polar surface area (TPSA) is 86.8 Å². The summed E-state index contributed by atoms with van der Waals surface area (Å²) in [6, 6.07) is 22.0. The second-order valence-corrected chi connectivity index (χ2v) is 10.2. The zero-order chi connectivity index (χ0) is 28.3. The van der Waals surface area contributed by atoms with Gasteiger partial charge in [-0.25, -0.2) is 9.78 Å². The number of ether oxygens (including phenoxy) is 3. The summed E-state index contributed by atoms with van der Waals surface area (Å²) < 4.78 is 16.2. The molecule has 0 aliphatic carbocycles. The Morgan fingerprint density at radius 1 is 0.900 bits per heavy atom. The van der Waals surface area contributed by atoms with Gasteiger partial charge >= 0.3 is 5.97 Å². The average Bonchev–Trinajstić information content (AvgIpc) is 3.46. The minimum absolute atomic E-state index is 0.204. The molecule has 1 aromatic heterocycles. The van der Waals surface area contributed by atoms with Gasteiger partial charge in [0.2, 0.25) is 6.10 Å². The Labute approximate surface area is 239 Å². The van der Waals surface area contributed by atoms with E-state index in [9.17, 15) is 9.59 Å². The highest BCUT2D eigenvalue weighted by Gasteiger charge is 2.27. The molecule has 0 aliphatic rings. The quantitative estimate of drug-likeness (QED) is 0.135. The van der Waals surface area contributed by atoms with Gasteiger partial charge in [0.15, 0.2) is 5.13 Å². The molecule has 0 saturated heterocycles. The molecule has 1 N–H and O–H groups in total. The van der Waals surface area contributed by atoms with Crippen molar-refractivity contribution in [2.45, 2.75) is 45.1 Å². The number of methoxy groups -OCH3 is 2. The summed E-state index contributed by atoms with van der Waals surface area (Å²) in [5.74, 6) is -0.313. The van der Waals surface area contributed by atoms with Crippen LogP contribution in [0, 0.1) is 0 Å². The summed E-state index contributed by atoms with van der Waals surface area (Å²) in [6.07, 6.45) is 4.82. The molecule has 1 atom stereocenters. The number of thiazole rings is 1. The molecular formula is C32H34N2O5S. The number of carbonyl (C=O) groups excluding carboxylic acids is 2. The Kier molecular flexibility index (Phi) is 10.3. The van der Waals surface area contributed by atoms with Crippen LogP contribution in [0.4, 0.5) is 5.13 Å². The Morgan fingerprint density at radius 3 is 2.25 bits per heavy atom. The standard InChI is InChI=1S/C32H34N2O5S/c1-4-5-6-8-11-22-14-16-23(17-15-22)28-21-40-32(33-28)34-30(35)29(24-12-9-7-10-13-24)39-31(36)25-18-26(37-2)20-27(19-25)38-3/h7,9-10,12-21,29H,4-6,8,11H2,1-3H3,(H,33,34,35)/t29-/m1/s1. The predicted octanol–water partition coefficient (Wildman–Crippen LogP) is 7.49. The van der Waals surface area contributed by atoms with E-state index in [1.165, 1.54) is 68.9 Å². The maximum Gasteiger partial charge on any atom is 0.339 e. The molecule has 3 aromatic carbocycles. The summed E-state index contributed by atoms with van der Waals surface area (Å²) in [4.78, 5) is 31.1. The summed E-state index contributed by atoms with van der Waals surface area (Å²) in [7, 11) is 2.99. The molecule has 0 saturated carbocycles. The lowest BCUT2D eigenvalue weighted by atomic mass is 10.0. The van der Waals surface area contributed by atoms with Crippen molar-refractivity contribution in [3.8, 4) is 22.8 Å². The van der Waals surface area contributed by atoms with Gasteiger partial charge in [0, 0.05) is 22.6 Å². The Morgan fingerprint density at radius 2 is 1.60 bits per heavy atom. The van der Waals surface area contributed by atoms with Gasteiger partial charge in [-0.1, -0.05) is 80.8 Å².